The standard InChI is InChI=1S/C10H10Cl3N/c11-6-4-7(9-2-1-3-14-9)10(13)8(12)5-6/h4-5,9,14H,1-3H2/t9-/m0/s1. The molecule has 1 saturated heterocycles. The SMILES string of the molecule is Clc1cc(Cl)c(Cl)c([C@@H]2CCCN2)c1. The molecule has 1 aliphatic heterocycles. The van der Waals surface area contributed by atoms with Crippen LogP contribution < -0.4 is 5.32 Å². The Morgan fingerprint density at radius 1 is 1.21 bits per heavy atom. The molecule has 0 saturated carbocycles. The lowest BCUT2D eigenvalue weighted by Crippen LogP contribution is -2.13. The predicted octanol–water partition coefficient (Wildman–Crippen LogP) is 4.07. The van der Waals surface area contributed by atoms with Crippen LogP contribution in [0.15, 0.2) is 12.1 Å². The highest BCUT2D eigenvalue weighted by molar-refractivity contribution is 6.43. The van der Waals surface area contributed by atoms with Crippen LogP contribution in [0.3, 0.4) is 0 Å². The summed E-state index contributed by atoms with van der Waals surface area (Å²) in [7, 11) is 0. The van der Waals surface area contributed by atoms with Crippen LogP contribution in [0.4, 0.5) is 0 Å². The van der Waals surface area contributed by atoms with E-state index in [9.17, 15) is 0 Å². The normalized spacial score (nSPS) is 21.5. The first-order valence-electron chi connectivity index (χ1n) is 4.56. The molecule has 0 unspecified atom stereocenters. The van der Waals surface area contributed by atoms with Crippen molar-refractivity contribution in [2.24, 2.45) is 0 Å². The average molecular weight is 251 g/mol. The molecule has 1 aliphatic rings. The van der Waals surface area contributed by atoms with Gasteiger partial charge in [0.2, 0.25) is 0 Å². The van der Waals surface area contributed by atoms with E-state index in [1.807, 2.05) is 6.07 Å². The Bertz CT molecular complexity index is 345. The summed E-state index contributed by atoms with van der Waals surface area (Å²) in [6.45, 7) is 1.03. The largest absolute Gasteiger partial charge is 0.310 e. The first-order chi connectivity index (χ1) is 6.68. The number of nitrogens with one attached hydrogen (secondary N) is 1. The molecule has 1 fully saturated rings. The van der Waals surface area contributed by atoms with Crippen LogP contribution in [0.5, 0.6) is 0 Å². The van der Waals surface area contributed by atoms with Crippen LogP contribution in [0.25, 0.3) is 0 Å². The number of hydrogen-bond donors (Lipinski definition) is 1. The first kappa shape index (κ1) is 10.6. The summed E-state index contributed by atoms with van der Waals surface area (Å²) in [4.78, 5) is 0. The number of benzene rings is 1. The first-order valence-corrected chi connectivity index (χ1v) is 5.69. The lowest BCUT2D eigenvalue weighted by molar-refractivity contribution is 0.648. The fourth-order valence-corrected chi connectivity index (χ4v) is 2.53. The van der Waals surface area contributed by atoms with E-state index in [4.69, 9.17) is 34.8 Å². The molecule has 0 radical (unpaired) electrons. The molecule has 0 bridgehead atoms. The summed E-state index contributed by atoms with van der Waals surface area (Å²) in [5.74, 6) is 0. The number of halogens is 3. The summed E-state index contributed by atoms with van der Waals surface area (Å²) in [6.07, 6.45) is 2.27. The molecule has 1 aromatic rings. The molecule has 0 aromatic heterocycles. The number of hydrogen-bond acceptors (Lipinski definition) is 1. The van der Waals surface area contributed by atoms with Crippen LogP contribution in [-0.4, -0.2) is 6.54 Å². The van der Waals surface area contributed by atoms with Gasteiger partial charge in [0.25, 0.3) is 0 Å². The molecule has 1 heterocycles. The molecule has 1 aromatic carbocycles. The van der Waals surface area contributed by atoms with Crippen LogP contribution in [0.1, 0.15) is 24.4 Å². The van der Waals surface area contributed by atoms with E-state index in [0.717, 1.165) is 18.5 Å². The van der Waals surface area contributed by atoms with Crippen molar-refractivity contribution in [1.82, 2.24) is 5.32 Å². The molecule has 14 heavy (non-hydrogen) atoms. The van der Waals surface area contributed by atoms with Crippen molar-refractivity contribution in [1.29, 1.82) is 0 Å². The second-order valence-corrected chi connectivity index (χ2v) is 4.66. The minimum absolute atomic E-state index is 0.304. The zero-order valence-electron chi connectivity index (χ0n) is 7.49. The lowest BCUT2D eigenvalue weighted by atomic mass is 10.1. The van der Waals surface area contributed by atoms with Gasteiger partial charge >= 0.3 is 0 Å². The third-order valence-corrected chi connectivity index (χ3v) is 3.49. The Morgan fingerprint density at radius 2 is 2.00 bits per heavy atom. The number of rotatable bonds is 1. The Morgan fingerprint density at radius 3 is 2.64 bits per heavy atom. The summed E-state index contributed by atoms with van der Waals surface area (Å²) in [5.41, 5.74) is 1.02. The molecule has 76 valence electrons. The molecule has 0 aliphatic carbocycles. The second kappa shape index (κ2) is 4.28. The van der Waals surface area contributed by atoms with Crippen LogP contribution in [-0.2, 0) is 0 Å². The highest BCUT2D eigenvalue weighted by Crippen LogP contribution is 2.36. The van der Waals surface area contributed by atoms with Crippen LogP contribution >= 0.6 is 34.8 Å². The molecule has 1 atom stereocenters. The van der Waals surface area contributed by atoms with Gasteiger partial charge in [0.1, 0.15) is 0 Å². The van der Waals surface area contributed by atoms with E-state index in [1.54, 1.807) is 6.07 Å². The lowest BCUT2D eigenvalue weighted by Gasteiger charge is -2.13. The Kier molecular flexibility index (Phi) is 3.23. The van der Waals surface area contributed by atoms with Gasteiger partial charge in [-0.3, -0.25) is 0 Å². The van der Waals surface area contributed by atoms with Gasteiger partial charge in [0.05, 0.1) is 10.0 Å². The molecule has 1 N–H and O–H groups in total. The van der Waals surface area contributed by atoms with Crippen LogP contribution in [0, 0.1) is 0 Å². The van der Waals surface area contributed by atoms with Gasteiger partial charge in [-0.25, -0.2) is 0 Å². The monoisotopic (exact) mass is 249 g/mol. The van der Waals surface area contributed by atoms with Crippen molar-refractivity contribution in [3.8, 4) is 0 Å². The van der Waals surface area contributed by atoms with Crippen molar-refractivity contribution < 1.29 is 0 Å². The fourth-order valence-electron chi connectivity index (χ4n) is 1.78. The average Bonchev–Trinajstić information content (AvgIpc) is 2.63. The van der Waals surface area contributed by atoms with E-state index in [2.05, 4.69) is 5.32 Å². The van der Waals surface area contributed by atoms with Gasteiger partial charge in [-0.05, 0) is 37.1 Å². The molecule has 1 nitrogen and oxygen atoms in total. The third-order valence-electron chi connectivity index (χ3n) is 2.46. The summed E-state index contributed by atoms with van der Waals surface area (Å²) in [6, 6.07) is 3.86. The molecular weight excluding hydrogens is 240 g/mol. The smallest absolute Gasteiger partial charge is 0.0641 e. The molecule has 0 spiro atoms. The van der Waals surface area contributed by atoms with Gasteiger partial charge < -0.3 is 5.32 Å². The quantitative estimate of drug-likeness (QED) is 0.741. The maximum atomic E-state index is 6.11. The molecule has 4 heteroatoms. The van der Waals surface area contributed by atoms with Crippen molar-refractivity contribution in [2.45, 2.75) is 18.9 Å². The Hall–Kier alpha value is 0.0500. The van der Waals surface area contributed by atoms with Gasteiger partial charge in [-0.1, -0.05) is 34.8 Å². The van der Waals surface area contributed by atoms with Gasteiger partial charge in [0, 0.05) is 11.1 Å². The molecule has 2 rings (SSSR count). The minimum atomic E-state index is 0.304. The summed E-state index contributed by atoms with van der Waals surface area (Å²) in [5, 5.41) is 5.16. The van der Waals surface area contributed by atoms with Crippen molar-refractivity contribution in [3.63, 3.8) is 0 Å². The summed E-state index contributed by atoms with van der Waals surface area (Å²) < 4.78 is 0. The van der Waals surface area contributed by atoms with Gasteiger partial charge in [-0.15, -0.1) is 0 Å². The highest BCUT2D eigenvalue weighted by Gasteiger charge is 2.20. The van der Waals surface area contributed by atoms with Crippen molar-refractivity contribution in [3.05, 3.63) is 32.8 Å². The topological polar surface area (TPSA) is 12.0 Å². The zero-order valence-corrected chi connectivity index (χ0v) is 9.76. The fraction of sp³-hybridized carbons (Fsp3) is 0.400. The Labute approximate surface area is 98.3 Å². The molecular formula is C10H10Cl3N. The summed E-state index contributed by atoms with van der Waals surface area (Å²) >= 11 is 18.0. The second-order valence-electron chi connectivity index (χ2n) is 3.44. The van der Waals surface area contributed by atoms with Crippen LogP contribution in [0.2, 0.25) is 15.1 Å². The van der Waals surface area contributed by atoms with E-state index >= 15 is 0 Å². The predicted molar refractivity (Wildman–Crippen MR) is 61.4 cm³/mol. The zero-order chi connectivity index (χ0) is 10.1. The van der Waals surface area contributed by atoms with Gasteiger partial charge in [-0.2, -0.15) is 0 Å². The highest BCUT2D eigenvalue weighted by atomic mass is 35.5. The van der Waals surface area contributed by atoms with E-state index in [1.165, 1.54) is 6.42 Å². The van der Waals surface area contributed by atoms with E-state index in [0.29, 0.717) is 21.1 Å². The third kappa shape index (κ3) is 2.01. The van der Waals surface area contributed by atoms with Gasteiger partial charge in [0.15, 0.2) is 0 Å². The van der Waals surface area contributed by atoms with E-state index in [-0.39, 0.29) is 0 Å². The molecule has 0 amide bonds. The maximum absolute atomic E-state index is 6.11. The maximum Gasteiger partial charge on any atom is 0.0641 e. The minimum Gasteiger partial charge on any atom is -0.310 e. The van der Waals surface area contributed by atoms with Crippen molar-refractivity contribution >= 4 is 34.8 Å². The van der Waals surface area contributed by atoms with Crippen molar-refractivity contribution in [2.75, 3.05) is 6.54 Å². The van der Waals surface area contributed by atoms with E-state index < -0.39 is 0 Å². The Balaban J connectivity index is 2.40.